The average Bonchev–Trinajstić information content (AvgIpc) is 3.14. The molecule has 1 heterocycles. The molecule has 1 N–H and O–H groups in total. The number of methoxy groups -OCH3 is 1. The highest BCUT2D eigenvalue weighted by Gasteiger charge is 2.49. The molecule has 0 unspecified atom stereocenters. The maximum Gasteiger partial charge on any atom is 0.228 e. The lowest BCUT2D eigenvalue weighted by Crippen LogP contribution is -2.34. The van der Waals surface area contributed by atoms with Gasteiger partial charge in [0.05, 0.1) is 18.6 Å². The van der Waals surface area contributed by atoms with Gasteiger partial charge in [-0.3, -0.25) is 4.79 Å². The highest BCUT2D eigenvalue weighted by molar-refractivity contribution is 5.85. The fraction of sp³-hybridized carbons (Fsp3) is 0.375. The molecule has 1 aromatic heterocycles. The number of carbonyl (C=O) groups excluding carboxylic acids is 1. The van der Waals surface area contributed by atoms with Crippen LogP contribution in [0.2, 0.25) is 0 Å². The molecule has 1 aliphatic carbocycles. The molecule has 0 bridgehead atoms. The first-order valence-corrected chi connectivity index (χ1v) is 7.12. The van der Waals surface area contributed by atoms with Crippen molar-refractivity contribution in [2.45, 2.75) is 19.4 Å². The summed E-state index contributed by atoms with van der Waals surface area (Å²) in [6, 6.07) is 7.82. The first-order valence-electron chi connectivity index (χ1n) is 7.12. The Morgan fingerprint density at radius 3 is 2.95 bits per heavy atom. The Balaban J connectivity index is 1.62. The molecular weight excluding hydrogens is 287 g/mol. The molecule has 5 nitrogen and oxygen atoms in total. The second-order valence-electron chi connectivity index (χ2n) is 5.58. The van der Waals surface area contributed by atoms with E-state index in [0.717, 1.165) is 12.8 Å². The van der Waals surface area contributed by atoms with Crippen molar-refractivity contribution in [2.75, 3.05) is 13.7 Å². The zero-order chi connectivity index (χ0) is 15.6. The smallest absolute Gasteiger partial charge is 0.228 e. The fourth-order valence-electron chi connectivity index (χ4n) is 2.40. The van der Waals surface area contributed by atoms with E-state index >= 15 is 0 Å². The number of nitrogens with one attached hydrogen (secondary N) is 1. The summed E-state index contributed by atoms with van der Waals surface area (Å²) in [6.45, 7) is 0.691. The van der Waals surface area contributed by atoms with Crippen LogP contribution in [0.3, 0.4) is 0 Å². The Labute approximate surface area is 127 Å². The Morgan fingerprint density at radius 2 is 2.27 bits per heavy atom. The lowest BCUT2D eigenvalue weighted by Gasteiger charge is -2.12. The van der Waals surface area contributed by atoms with Crippen LogP contribution in [0.5, 0.6) is 0 Å². The van der Waals surface area contributed by atoms with Crippen LogP contribution in [-0.4, -0.2) is 24.8 Å². The molecule has 116 valence electrons. The van der Waals surface area contributed by atoms with Gasteiger partial charge in [0.2, 0.25) is 5.91 Å². The maximum atomic E-state index is 13.2. The third-order valence-corrected chi connectivity index (χ3v) is 3.86. The van der Waals surface area contributed by atoms with E-state index in [1.165, 1.54) is 12.1 Å². The van der Waals surface area contributed by atoms with Crippen molar-refractivity contribution in [3.8, 4) is 11.3 Å². The zero-order valence-corrected chi connectivity index (χ0v) is 12.3. The molecule has 1 amide bonds. The molecule has 22 heavy (non-hydrogen) atoms. The van der Waals surface area contributed by atoms with Crippen LogP contribution >= 0.6 is 0 Å². The lowest BCUT2D eigenvalue weighted by molar-refractivity contribution is -0.128. The SMILES string of the molecule is COCC1(C(=O)NCc2cc(-c3cccc(F)c3)no2)CC1. The monoisotopic (exact) mass is 304 g/mol. The van der Waals surface area contributed by atoms with Crippen molar-refractivity contribution >= 4 is 5.91 Å². The number of ether oxygens (including phenoxy) is 1. The van der Waals surface area contributed by atoms with Gasteiger partial charge in [0.15, 0.2) is 5.76 Å². The normalized spacial score (nSPS) is 15.5. The first kappa shape index (κ1) is 14.7. The Morgan fingerprint density at radius 1 is 1.45 bits per heavy atom. The van der Waals surface area contributed by atoms with E-state index in [1.54, 1.807) is 25.3 Å². The number of hydrogen-bond donors (Lipinski definition) is 1. The van der Waals surface area contributed by atoms with Crippen molar-refractivity contribution in [3.05, 3.63) is 41.9 Å². The van der Waals surface area contributed by atoms with Gasteiger partial charge < -0.3 is 14.6 Å². The molecule has 0 saturated heterocycles. The molecule has 1 aromatic carbocycles. The largest absolute Gasteiger partial charge is 0.384 e. The number of rotatable bonds is 6. The molecule has 3 rings (SSSR count). The zero-order valence-electron chi connectivity index (χ0n) is 12.3. The standard InChI is InChI=1S/C16H17FN2O3/c1-21-10-16(5-6-16)15(20)18-9-13-8-14(19-22-13)11-3-2-4-12(17)7-11/h2-4,7-8H,5-6,9-10H2,1H3,(H,18,20). The first-order chi connectivity index (χ1) is 10.6. The molecule has 2 aromatic rings. The van der Waals surface area contributed by atoms with Gasteiger partial charge in [-0.15, -0.1) is 0 Å². The molecule has 1 fully saturated rings. The van der Waals surface area contributed by atoms with E-state index in [1.807, 2.05) is 0 Å². The number of nitrogens with zero attached hydrogens (tertiary/aromatic N) is 1. The number of aromatic nitrogens is 1. The van der Waals surface area contributed by atoms with E-state index in [2.05, 4.69) is 10.5 Å². The third kappa shape index (κ3) is 3.01. The van der Waals surface area contributed by atoms with Gasteiger partial charge in [-0.25, -0.2) is 4.39 Å². The predicted octanol–water partition coefficient (Wildman–Crippen LogP) is 2.52. The number of halogens is 1. The Hall–Kier alpha value is -2.21. The highest BCUT2D eigenvalue weighted by Crippen LogP contribution is 2.45. The van der Waals surface area contributed by atoms with Gasteiger partial charge in [0.25, 0.3) is 0 Å². The molecule has 1 aliphatic rings. The van der Waals surface area contributed by atoms with Crippen molar-refractivity contribution in [1.82, 2.24) is 10.5 Å². The number of carbonyl (C=O) groups is 1. The summed E-state index contributed by atoms with van der Waals surface area (Å²) < 4.78 is 23.5. The maximum absolute atomic E-state index is 13.2. The van der Waals surface area contributed by atoms with E-state index in [-0.39, 0.29) is 23.7 Å². The number of hydrogen-bond acceptors (Lipinski definition) is 4. The van der Waals surface area contributed by atoms with E-state index in [9.17, 15) is 9.18 Å². The number of benzene rings is 1. The minimum atomic E-state index is -0.375. The van der Waals surface area contributed by atoms with Crippen LogP contribution in [0.25, 0.3) is 11.3 Å². The molecule has 0 spiro atoms. The fourth-order valence-corrected chi connectivity index (χ4v) is 2.40. The molecule has 6 heteroatoms. The lowest BCUT2D eigenvalue weighted by atomic mass is 10.1. The second-order valence-corrected chi connectivity index (χ2v) is 5.58. The summed E-state index contributed by atoms with van der Waals surface area (Å²) in [5, 5.41) is 6.74. The minimum absolute atomic E-state index is 0.0296. The number of amides is 1. The third-order valence-electron chi connectivity index (χ3n) is 3.86. The van der Waals surface area contributed by atoms with Gasteiger partial charge in [-0.05, 0) is 25.0 Å². The second kappa shape index (κ2) is 5.88. The Kier molecular flexibility index (Phi) is 3.94. The minimum Gasteiger partial charge on any atom is -0.384 e. The average molecular weight is 304 g/mol. The van der Waals surface area contributed by atoms with Gasteiger partial charge in [-0.1, -0.05) is 17.3 Å². The van der Waals surface area contributed by atoms with Crippen molar-refractivity contribution in [1.29, 1.82) is 0 Å². The highest BCUT2D eigenvalue weighted by atomic mass is 19.1. The summed E-state index contributed by atoms with van der Waals surface area (Å²) in [5.74, 6) is 0.171. The molecule has 0 radical (unpaired) electrons. The molecule has 0 aliphatic heterocycles. The van der Waals surface area contributed by atoms with Gasteiger partial charge in [0, 0.05) is 18.7 Å². The summed E-state index contributed by atoms with van der Waals surface area (Å²) in [4.78, 5) is 12.1. The summed E-state index contributed by atoms with van der Waals surface area (Å²) in [6.07, 6.45) is 1.69. The van der Waals surface area contributed by atoms with Crippen molar-refractivity contribution in [3.63, 3.8) is 0 Å². The van der Waals surface area contributed by atoms with Gasteiger partial charge >= 0.3 is 0 Å². The van der Waals surface area contributed by atoms with Crippen LogP contribution in [0.1, 0.15) is 18.6 Å². The molecular formula is C16H17FN2O3. The molecule has 0 atom stereocenters. The topological polar surface area (TPSA) is 64.4 Å². The van der Waals surface area contributed by atoms with Gasteiger partial charge in [0.1, 0.15) is 11.5 Å². The van der Waals surface area contributed by atoms with E-state index in [0.29, 0.717) is 23.6 Å². The summed E-state index contributed by atoms with van der Waals surface area (Å²) in [5.41, 5.74) is 0.807. The van der Waals surface area contributed by atoms with Crippen molar-refractivity contribution < 1.29 is 18.4 Å². The van der Waals surface area contributed by atoms with Crippen LogP contribution in [0, 0.1) is 11.2 Å². The predicted molar refractivity (Wildman–Crippen MR) is 77.3 cm³/mol. The Bertz CT molecular complexity index is 680. The van der Waals surface area contributed by atoms with Crippen molar-refractivity contribution in [2.24, 2.45) is 5.41 Å². The summed E-state index contributed by atoms with van der Waals surface area (Å²) in [7, 11) is 1.59. The van der Waals surface area contributed by atoms with Crippen LogP contribution in [0.15, 0.2) is 34.9 Å². The van der Waals surface area contributed by atoms with E-state index < -0.39 is 0 Å². The van der Waals surface area contributed by atoms with Gasteiger partial charge in [-0.2, -0.15) is 0 Å². The quantitative estimate of drug-likeness (QED) is 0.890. The molecule has 1 saturated carbocycles. The summed E-state index contributed by atoms with van der Waals surface area (Å²) >= 11 is 0. The van der Waals surface area contributed by atoms with Crippen LogP contribution < -0.4 is 5.32 Å². The van der Waals surface area contributed by atoms with Crippen LogP contribution in [0.4, 0.5) is 4.39 Å². The van der Waals surface area contributed by atoms with E-state index in [4.69, 9.17) is 9.26 Å². The van der Waals surface area contributed by atoms with Crippen LogP contribution in [-0.2, 0) is 16.1 Å².